The minimum atomic E-state index is -4.77. The first kappa shape index (κ1) is 24.6. The topological polar surface area (TPSA) is 101 Å². The van der Waals surface area contributed by atoms with Crippen LogP contribution in [0.1, 0.15) is 22.6 Å². The van der Waals surface area contributed by atoms with E-state index in [0.717, 1.165) is 0 Å². The molecule has 2 aromatic heterocycles. The van der Waals surface area contributed by atoms with Crippen molar-refractivity contribution >= 4 is 40.1 Å². The van der Waals surface area contributed by atoms with Gasteiger partial charge in [-0.15, -0.1) is 0 Å². The number of anilines is 1. The molecule has 186 valence electrons. The van der Waals surface area contributed by atoms with Crippen LogP contribution < -0.4 is 15.0 Å². The molecule has 1 aromatic carbocycles. The summed E-state index contributed by atoms with van der Waals surface area (Å²) < 4.78 is 51.0. The first-order valence-electron chi connectivity index (χ1n) is 10.6. The Morgan fingerprint density at radius 2 is 1.97 bits per heavy atom. The van der Waals surface area contributed by atoms with E-state index in [4.69, 9.17) is 20.8 Å². The third-order valence-electron chi connectivity index (χ3n) is 5.52. The highest BCUT2D eigenvalue weighted by Crippen LogP contribution is 2.33. The zero-order valence-electron chi connectivity index (χ0n) is 18.6. The predicted octanol–water partition coefficient (Wildman–Crippen LogP) is 3.37. The molecule has 3 heterocycles. The van der Waals surface area contributed by atoms with Gasteiger partial charge in [0.2, 0.25) is 17.0 Å². The molecule has 3 aromatic rings. The molecule has 13 heteroatoms. The molecule has 0 atom stereocenters. The Morgan fingerprint density at radius 3 is 2.66 bits per heavy atom. The zero-order valence-corrected chi connectivity index (χ0v) is 19.3. The van der Waals surface area contributed by atoms with Gasteiger partial charge < -0.3 is 24.3 Å². The lowest BCUT2D eigenvalue weighted by molar-refractivity contribution is -0.144. The third-order valence-corrected chi connectivity index (χ3v) is 5.82. The number of hydrogen-bond donors (Lipinski definition) is 1. The summed E-state index contributed by atoms with van der Waals surface area (Å²) in [5.74, 6) is -1.60. The summed E-state index contributed by atoms with van der Waals surface area (Å²) in [6.07, 6.45) is -3.43. The number of carbonyl (C=O) groups excluding carboxylic acids is 2. The lowest BCUT2D eigenvalue weighted by atomic mass is 10.2. The molecular weight excluding hydrogens is 491 g/mol. The number of amides is 2. The Hall–Kier alpha value is -3.54. The molecule has 1 N–H and O–H groups in total. The molecule has 0 aliphatic carbocycles. The minimum Gasteiger partial charge on any atom is -0.497 e. The maximum atomic E-state index is 13.6. The van der Waals surface area contributed by atoms with Gasteiger partial charge in [-0.1, -0.05) is 0 Å². The molecule has 35 heavy (non-hydrogen) atoms. The van der Waals surface area contributed by atoms with Crippen LogP contribution in [-0.2, 0) is 11.0 Å². The maximum absolute atomic E-state index is 13.6. The Morgan fingerprint density at radius 1 is 1.17 bits per heavy atom. The van der Waals surface area contributed by atoms with Crippen LogP contribution in [0.25, 0.3) is 10.9 Å². The van der Waals surface area contributed by atoms with Crippen molar-refractivity contribution in [2.45, 2.75) is 12.6 Å². The van der Waals surface area contributed by atoms with Crippen LogP contribution in [0.3, 0.4) is 0 Å². The van der Waals surface area contributed by atoms with Crippen molar-refractivity contribution in [2.24, 2.45) is 0 Å². The predicted molar refractivity (Wildman–Crippen MR) is 121 cm³/mol. The summed E-state index contributed by atoms with van der Waals surface area (Å²) in [5.41, 5.74) is 0.217. The molecule has 2 amide bonds. The fraction of sp³-hybridized carbons (Fsp3) is 0.364. The van der Waals surface area contributed by atoms with E-state index >= 15 is 0 Å². The van der Waals surface area contributed by atoms with E-state index in [-0.39, 0.29) is 67.2 Å². The number of nitrogens with zero attached hydrogens (tertiary/aromatic N) is 4. The number of hydrogen-bond acceptors (Lipinski definition) is 7. The number of alkyl halides is 3. The van der Waals surface area contributed by atoms with Gasteiger partial charge in [0.1, 0.15) is 11.6 Å². The molecule has 0 bridgehead atoms. The summed E-state index contributed by atoms with van der Waals surface area (Å²) in [6, 6.07) is 5.91. The quantitative estimate of drug-likeness (QED) is 0.575. The largest absolute Gasteiger partial charge is 0.497 e. The van der Waals surface area contributed by atoms with Gasteiger partial charge in [0, 0.05) is 44.5 Å². The van der Waals surface area contributed by atoms with Crippen molar-refractivity contribution in [3.8, 4) is 5.75 Å². The second-order valence-electron chi connectivity index (χ2n) is 7.74. The maximum Gasteiger partial charge on any atom is 0.451 e. The molecule has 0 saturated carbocycles. The van der Waals surface area contributed by atoms with Crippen LogP contribution >= 0.6 is 11.6 Å². The smallest absolute Gasteiger partial charge is 0.451 e. The Balaban J connectivity index is 1.74. The molecule has 0 radical (unpaired) electrons. The zero-order chi connectivity index (χ0) is 25.2. The Kier molecular flexibility index (Phi) is 7.01. The molecular formula is C22H21ClF3N5O4. The number of rotatable bonds is 3. The van der Waals surface area contributed by atoms with Gasteiger partial charge in [0.25, 0.3) is 5.91 Å². The van der Waals surface area contributed by atoms with Gasteiger partial charge in [0.05, 0.1) is 24.5 Å². The standard InChI is InChI=1S/C22H21ClF3N5O4/c1-34-13-2-3-16-15(12-13)19(29-21(28-16)22(24,25)26)30-8-6-27-17(32)4-7-31(10-9-30)20(33)14-5-11-35-18(14)23/h2-3,5,11-12H,4,6-10H2,1H3,(H,27,32). The Labute approximate surface area is 202 Å². The lowest BCUT2D eigenvalue weighted by Crippen LogP contribution is -2.45. The fourth-order valence-corrected chi connectivity index (χ4v) is 3.93. The summed E-state index contributed by atoms with van der Waals surface area (Å²) in [5, 5.41) is 2.98. The van der Waals surface area contributed by atoms with Crippen molar-refractivity contribution in [1.29, 1.82) is 0 Å². The van der Waals surface area contributed by atoms with Gasteiger partial charge in [-0.3, -0.25) is 9.59 Å². The SMILES string of the molecule is COc1ccc2nc(C(F)(F)F)nc(N3CCNC(=O)CCN(C(=O)c4ccoc4Cl)CC3)c2c1. The summed E-state index contributed by atoms with van der Waals surface area (Å²) >= 11 is 5.95. The van der Waals surface area contributed by atoms with E-state index in [1.54, 1.807) is 11.0 Å². The number of benzene rings is 1. The van der Waals surface area contributed by atoms with Crippen LogP contribution in [-0.4, -0.2) is 66.5 Å². The Bertz CT molecular complexity index is 1250. The molecule has 1 aliphatic heterocycles. The van der Waals surface area contributed by atoms with E-state index < -0.39 is 17.9 Å². The molecule has 1 aliphatic rings. The minimum absolute atomic E-state index is 0.0183. The summed E-state index contributed by atoms with van der Waals surface area (Å²) in [4.78, 5) is 35.8. The van der Waals surface area contributed by atoms with Gasteiger partial charge in [-0.05, 0) is 35.9 Å². The summed E-state index contributed by atoms with van der Waals surface area (Å²) in [6.45, 7) is 0.659. The number of ether oxygens (including phenoxy) is 1. The van der Waals surface area contributed by atoms with Crippen molar-refractivity contribution in [1.82, 2.24) is 20.2 Å². The van der Waals surface area contributed by atoms with Crippen LogP contribution in [0, 0.1) is 0 Å². The average Bonchev–Trinajstić information content (AvgIpc) is 3.26. The highest BCUT2D eigenvalue weighted by molar-refractivity contribution is 6.32. The fourth-order valence-electron chi connectivity index (χ4n) is 3.74. The number of carbonyl (C=O) groups is 2. The number of furan rings is 1. The first-order chi connectivity index (χ1) is 16.7. The average molecular weight is 512 g/mol. The van der Waals surface area contributed by atoms with Gasteiger partial charge in [0.15, 0.2) is 0 Å². The third kappa shape index (κ3) is 5.42. The van der Waals surface area contributed by atoms with Gasteiger partial charge >= 0.3 is 6.18 Å². The number of halogens is 4. The lowest BCUT2D eigenvalue weighted by Gasteiger charge is -2.31. The number of methoxy groups -OCH3 is 1. The van der Waals surface area contributed by atoms with Crippen molar-refractivity contribution in [3.63, 3.8) is 0 Å². The van der Waals surface area contributed by atoms with Crippen LogP contribution in [0.2, 0.25) is 5.22 Å². The van der Waals surface area contributed by atoms with E-state index in [0.29, 0.717) is 11.1 Å². The van der Waals surface area contributed by atoms with Crippen LogP contribution in [0.5, 0.6) is 5.75 Å². The molecule has 1 fully saturated rings. The number of fused-ring (bicyclic) bond motifs is 1. The van der Waals surface area contributed by atoms with E-state index in [1.165, 1.54) is 36.5 Å². The molecule has 0 unspecified atom stereocenters. The van der Waals surface area contributed by atoms with Crippen molar-refractivity contribution in [3.05, 3.63) is 47.1 Å². The monoisotopic (exact) mass is 511 g/mol. The van der Waals surface area contributed by atoms with E-state index in [2.05, 4.69) is 15.3 Å². The second kappa shape index (κ2) is 9.98. The highest BCUT2D eigenvalue weighted by atomic mass is 35.5. The van der Waals surface area contributed by atoms with Crippen LogP contribution in [0.15, 0.2) is 34.9 Å². The van der Waals surface area contributed by atoms with E-state index in [1.807, 2.05) is 0 Å². The molecule has 9 nitrogen and oxygen atoms in total. The molecule has 0 spiro atoms. The first-order valence-corrected chi connectivity index (χ1v) is 11.0. The summed E-state index contributed by atoms with van der Waals surface area (Å²) in [7, 11) is 1.44. The molecule has 1 saturated heterocycles. The van der Waals surface area contributed by atoms with Crippen molar-refractivity contribution < 1.29 is 31.9 Å². The van der Waals surface area contributed by atoms with Crippen molar-refractivity contribution in [2.75, 3.05) is 44.7 Å². The van der Waals surface area contributed by atoms with Crippen LogP contribution in [0.4, 0.5) is 19.0 Å². The number of nitrogens with one attached hydrogen (secondary N) is 1. The second-order valence-corrected chi connectivity index (χ2v) is 8.08. The van der Waals surface area contributed by atoms with Gasteiger partial charge in [-0.2, -0.15) is 13.2 Å². The van der Waals surface area contributed by atoms with Gasteiger partial charge in [-0.25, -0.2) is 9.97 Å². The molecule has 4 rings (SSSR count). The number of aromatic nitrogens is 2. The normalized spacial score (nSPS) is 15.7. The highest BCUT2D eigenvalue weighted by Gasteiger charge is 2.36. The van der Waals surface area contributed by atoms with E-state index in [9.17, 15) is 22.8 Å².